The summed E-state index contributed by atoms with van der Waals surface area (Å²) in [7, 11) is 0. The predicted molar refractivity (Wildman–Crippen MR) is 149 cm³/mol. The van der Waals surface area contributed by atoms with Gasteiger partial charge in [-0.25, -0.2) is 0 Å². The van der Waals surface area contributed by atoms with Gasteiger partial charge in [0.05, 0.1) is 0 Å². The molecule has 1 aromatic heterocycles. The molecule has 0 atom stereocenters. The van der Waals surface area contributed by atoms with E-state index < -0.39 is 0 Å². The minimum absolute atomic E-state index is 0.315. The van der Waals surface area contributed by atoms with Gasteiger partial charge in [0.25, 0.3) is 0 Å². The molecule has 0 spiro atoms. The Morgan fingerprint density at radius 2 is 1.76 bits per heavy atom. The number of nitrogens with zero attached hydrogens (tertiary/aromatic N) is 3. The Hall–Kier alpha value is -3.08. The van der Waals surface area contributed by atoms with Crippen molar-refractivity contribution >= 4 is 11.4 Å². The van der Waals surface area contributed by atoms with Crippen LogP contribution in [0.3, 0.4) is 0 Å². The summed E-state index contributed by atoms with van der Waals surface area (Å²) in [5.41, 5.74) is 10.7. The normalized spacial score (nSPS) is 18.6. The highest BCUT2D eigenvalue weighted by Crippen LogP contribution is 2.39. The summed E-state index contributed by atoms with van der Waals surface area (Å²) in [6.45, 7) is 8.31. The molecule has 3 heterocycles. The number of fused-ring (bicyclic) bond motifs is 2. The predicted octanol–water partition coefficient (Wildman–Crippen LogP) is 6.09. The van der Waals surface area contributed by atoms with Crippen molar-refractivity contribution in [1.29, 1.82) is 0 Å². The van der Waals surface area contributed by atoms with E-state index in [1.807, 2.05) is 18.5 Å². The summed E-state index contributed by atoms with van der Waals surface area (Å²) in [4.78, 5) is 22.6. The minimum Gasteiger partial charge on any atom is -0.299 e. The van der Waals surface area contributed by atoms with E-state index in [1.54, 1.807) is 5.57 Å². The van der Waals surface area contributed by atoms with Gasteiger partial charge in [-0.15, -0.1) is 0 Å². The lowest BCUT2D eigenvalue weighted by atomic mass is 9.88. The summed E-state index contributed by atoms with van der Waals surface area (Å²) in [5, 5.41) is 0. The SMILES string of the molecule is Cc1ccc(CN2CCC3=C(C2)c2cc(C(=O)CC4CCN(Cc5cccnc5)CC4)ccc2C3)cc1. The molecule has 4 heteroatoms. The van der Waals surface area contributed by atoms with Gasteiger partial charge < -0.3 is 0 Å². The van der Waals surface area contributed by atoms with Gasteiger partial charge in [-0.3, -0.25) is 19.6 Å². The van der Waals surface area contributed by atoms with Crippen molar-refractivity contribution in [1.82, 2.24) is 14.8 Å². The molecule has 0 amide bonds. The largest absolute Gasteiger partial charge is 0.299 e. The molecule has 2 aliphatic heterocycles. The summed E-state index contributed by atoms with van der Waals surface area (Å²) in [6, 6.07) is 19.6. The first-order chi connectivity index (χ1) is 18.1. The second kappa shape index (κ2) is 10.7. The molecule has 6 rings (SSSR count). The highest BCUT2D eigenvalue weighted by atomic mass is 16.1. The van der Waals surface area contributed by atoms with E-state index in [-0.39, 0.29) is 0 Å². The Kier molecular flexibility index (Phi) is 7.04. The van der Waals surface area contributed by atoms with Crippen LogP contribution in [0.2, 0.25) is 0 Å². The fourth-order valence-corrected chi connectivity index (χ4v) is 6.31. The number of carbonyl (C=O) groups is 1. The molecule has 2 aromatic carbocycles. The number of aryl methyl sites for hydroxylation is 1. The van der Waals surface area contributed by atoms with Crippen LogP contribution in [0.5, 0.6) is 0 Å². The van der Waals surface area contributed by atoms with E-state index in [2.05, 4.69) is 70.2 Å². The number of benzene rings is 2. The lowest BCUT2D eigenvalue weighted by Gasteiger charge is -2.31. The molecule has 0 bridgehead atoms. The Morgan fingerprint density at radius 3 is 2.54 bits per heavy atom. The van der Waals surface area contributed by atoms with E-state index in [4.69, 9.17) is 0 Å². The van der Waals surface area contributed by atoms with Crippen LogP contribution >= 0.6 is 0 Å². The maximum Gasteiger partial charge on any atom is 0.163 e. The zero-order valence-electron chi connectivity index (χ0n) is 22.0. The lowest BCUT2D eigenvalue weighted by Crippen LogP contribution is -2.34. The van der Waals surface area contributed by atoms with E-state index in [0.29, 0.717) is 18.1 Å². The Bertz CT molecular complexity index is 1290. The van der Waals surface area contributed by atoms with Crippen LogP contribution in [-0.2, 0) is 19.5 Å². The molecule has 0 N–H and O–H groups in total. The number of carbonyl (C=O) groups excluding carboxylic acids is 1. The highest BCUT2D eigenvalue weighted by molar-refractivity contribution is 5.97. The van der Waals surface area contributed by atoms with Crippen LogP contribution in [-0.4, -0.2) is 46.7 Å². The maximum absolute atomic E-state index is 13.3. The number of hydrogen-bond acceptors (Lipinski definition) is 4. The molecule has 3 aliphatic rings. The van der Waals surface area contributed by atoms with Gasteiger partial charge in [-0.1, -0.05) is 53.6 Å². The number of hydrogen-bond donors (Lipinski definition) is 0. The van der Waals surface area contributed by atoms with Crippen LogP contribution in [0.25, 0.3) is 5.57 Å². The number of Topliss-reactive ketones (excluding diaryl/α,β-unsaturated/α-hetero) is 1. The molecule has 0 unspecified atom stereocenters. The fourth-order valence-electron chi connectivity index (χ4n) is 6.31. The lowest BCUT2D eigenvalue weighted by molar-refractivity contribution is 0.0925. The standard InChI is InChI=1S/C33H37N3O/c1-24-4-6-26(7-5-24)21-36-16-12-29-18-28-8-9-30(19-31(28)32(29)23-36)33(37)17-25-10-14-35(15-11-25)22-27-3-2-13-34-20-27/h2-9,13,19-20,25H,10-12,14-18,21-23H2,1H3. The van der Waals surface area contributed by atoms with Gasteiger partial charge in [-0.05, 0) is 91.6 Å². The van der Waals surface area contributed by atoms with E-state index >= 15 is 0 Å². The molecule has 0 saturated carbocycles. The van der Waals surface area contributed by atoms with Gasteiger partial charge >= 0.3 is 0 Å². The molecular formula is C33H37N3O. The minimum atomic E-state index is 0.315. The third-order valence-electron chi connectivity index (χ3n) is 8.54. The van der Waals surface area contributed by atoms with Crippen LogP contribution < -0.4 is 0 Å². The first-order valence-corrected chi connectivity index (χ1v) is 13.9. The van der Waals surface area contributed by atoms with Crippen molar-refractivity contribution in [3.63, 3.8) is 0 Å². The average molecular weight is 492 g/mol. The van der Waals surface area contributed by atoms with E-state index in [9.17, 15) is 4.79 Å². The highest BCUT2D eigenvalue weighted by Gasteiger charge is 2.28. The first kappa shape index (κ1) is 24.3. The molecular weight excluding hydrogens is 454 g/mol. The Balaban J connectivity index is 1.07. The number of likely N-dealkylation sites (tertiary alicyclic amines) is 1. The number of ketones is 1. The molecule has 1 fully saturated rings. The molecule has 37 heavy (non-hydrogen) atoms. The summed E-state index contributed by atoms with van der Waals surface area (Å²) in [6.07, 6.45) is 8.85. The Morgan fingerprint density at radius 1 is 0.946 bits per heavy atom. The van der Waals surface area contributed by atoms with Crippen molar-refractivity contribution in [3.8, 4) is 0 Å². The van der Waals surface area contributed by atoms with Crippen LogP contribution in [0, 0.1) is 12.8 Å². The van der Waals surface area contributed by atoms with Crippen molar-refractivity contribution in [2.75, 3.05) is 26.2 Å². The number of piperidine rings is 1. The maximum atomic E-state index is 13.3. The van der Waals surface area contributed by atoms with Crippen molar-refractivity contribution in [2.45, 2.75) is 52.1 Å². The smallest absolute Gasteiger partial charge is 0.163 e. The Labute approximate surface area is 221 Å². The molecule has 3 aromatic rings. The summed E-state index contributed by atoms with van der Waals surface area (Å²) >= 11 is 0. The van der Waals surface area contributed by atoms with Crippen molar-refractivity contribution in [2.24, 2.45) is 5.92 Å². The van der Waals surface area contributed by atoms with Crippen molar-refractivity contribution in [3.05, 3.63) is 106 Å². The van der Waals surface area contributed by atoms with Crippen LogP contribution in [0.4, 0.5) is 0 Å². The molecule has 190 valence electrons. The number of rotatable bonds is 7. The molecule has 4 nitrogen and oxygen atoms in total. The molecule has 0 radical (unpaired) electrons. The molecule has 1 aliphatic carbocycles. The second-order valence-corrected chi connectivity index (χ2v) is 11.3. The summed E-state index contributed by atoms with van der Waals surface area (Å²) < 4.78 is 0. The number of aromatic nitrogens is 1. The van der Waals surface area contributed by atoms with Crippen LogP contribution in [0.15, 0.2) is 72.6 Å². The summed E-state index contributed by atoms with van der Waals surface area (Å²) in [5.74, 6) is 0.801. The monoisotopic (exact) mass is 491 g/mol. The average Bonchev–Trinajstić information content (AvgIpc) is 3.29. The molecule has 1 saturated heterocycles. The topological polar surface area (TPSA) is 36.4 Å². The van der Waals surface area contributed by atoms with E-state index in [1.165, 1.54) is 33.4 Å². The zero-order valence-corrected chi connectivity index (χ0v) is 22.0. The van der Waals surface area contributed by atoms with Gasteiger partial charge in [-0.2, -0.15) is 0 Å². The first-order valence-electron chi connectivity index (χ1n) is 13.9. The van der Waals surface area contributed by atoms with Crippen molar-refractivity contribution < 1.29 is 4.79 Å². The fraction of sp³-hybridized carbons (Fsp3) is 0.394. The number of pyridine rings is 1. The van der Waals surface area contributed by atoms with E-state index in [0.717, 1.165) is 70.5 Å². The van der Waals surface area contributed by atoms with Gasteiger partial charge in [0.2, 0.25) is 0 Å². The zero-order chi connectivity index (χ0) is 25.2. The quantitative estimate of drug-likeness (QED) is 0.375. The third kappa shape index (κ3) is 5.61. The second-order valence-electron chi connectivity index (χ2n) is 11.3. The van der Waals surface area contributed by atoms with Gasteiger partial charge in [0.15, 0.2) is 5.78 Å². The third-order valence-corrected chi connectivity index (χ3v) is 8.54. The van der Waals surface area contributed by atoms with Crippen LogP contribution in [0.1, 0.15) is 63.9 Å². The van der Waals surface area contributed by atoms with Gasteiger partial charge in [0.1, 0.15) is 0 Å². The van der Waals surface area contributed by atoms with Gasteiger partial charge in [0, 0.05) is 50.6 Å².